The van der Waals surface area contributed by atoms with Gasteiger partial charge in [0.25, 0.3) is 5.56 Å². The normalized spacial score (nSPS) is 19.0. The molecule has 4 heterocycles. The van der Waals surface area contributed by atoms with Crippen molar-refractivity contribution < 1.29 is 13.9 Å². The van der Waals surface area contributed by atoms with E-state index in [0.717, 1.165) is 36.1 Å². The monoisotopic (exact) mass is 533 g/mol. The second-order valence-corrected chi connectivity index (χ2v) is 9.97. The molecule has 11 heteroatoms. The number of ether oxygens (including phenoxy) is 2. The summed E-state index contributed by atoms with van der Waals surface area (Å²) in [6.07, 6.45) is 1.99. The highest BCUT2D eigenvalue weighted by atomic mass is 19.1. The van der Waals surface area contributed by atoms with Gasteiger partial charge in [-0.3, -0.25) is 9.69 Å². The van der Waals surface area contributed by atoms with Crippen molar-refractivity contribution in [3.8, 4) is 5.75 Å². The molecule has 2 aromatic carbocycles. The van der Waals surface area contributed by atoms with E-state index in [1.165, 1.54) is 6.07 Å². The SMILES string of the molecule is CCOc1ccc2[nH]c(=O)c([C@H](c3nnnn3C[C@H]3CCCO3)N3CCN(c4ccccc4F)CC3)cc2c1. The third kappa shape index (κ3) is 5.24. The number of hydrogen-bond donors (Lipinski definition) is 1. The van der Waals surface area contributed by atoms with Gasteiger partial charge >= 0.3 is 0 Å². The summed E-state index contributed by atoms with van der Waals surface area (Å²) >= 11 is 0. The fourth-order valence-corrected chi connectivity index (χ4v) is 5.61. The van der Waals surface area contributed by atoms with Crippen molar-refractivity contribution >= 4 is 16.6 Å². The quantitative estimate of drug-likeness (QED) is 0.369. The summed E-state index contributed by atoms with van der Waals surface area (Å²) in [7, 11) is 0. The smallest absolute Gasteiger partial charge is 0.253 e. The largest absolute Gasteiger partial charge is 0.494 e. The summed E-state index contributed by atoms with van der Waals surface area (Å²) in [6.45, 7) is 6.14. The van der Waals surface area contributed by atoms with E-state index < -0.39 is 6.04 Å². The van der Waals surface area contributed by atoms with E-state index in [4.69, 9.17) is 9.47 Å². The minimum absolute atomic E-state index is 0.0365. The zero-order chi connectivity index (χ0) is 26.8. The molecule has 0 spiro atoms. The number of piperazine rings is 1. The minimum atomic E-state index is -0.493. The second kappa shape index (κ2) is 11.1. The highest BCUT2D eigenvalue weighted by Gasteiger charge is 2.34. The van der Waals surface area contributed by atoms with Gasteiger partial charge in [0, 0.05) is 49.3 Å². The Morgan fingerprint density at radius 2 is 2.00 bits per heavy atom. The zero-order valence-electron chi connectivity index (χ0n) is 21.9. The number of nitrogens with zero attached hydrogens (tertiary/aromatic N) is 6. The lowest BCUT2D eigenvalue weighted by atomic mass is 10.0. The maximum atomic E-state index is 14.5. The topological polar surface area (TPSA) is 101 Å². The summed E-state index contributed by atoms with van der Waals surface area (Å²) < 4.78 is 27.8. The van der Waals surface area contributed by atoms with E-state index in [2.05, 4.69) is 25.4 Å². The third-order valence-electron chi connectivity index (χ3n) is 7.53. The number of halogens is 1. The van der Waals surface area contributed by atoms with Crippen LogP contribution in [0, 0.1) is 5.82 Å². The number of rotatable bonds is 8. The summed E-state index contributed by atoms with van der Waals surface area (Å²) in [5.41, 5.74) is 1.68. The maximum Gasteiger partial charge on any atom is 0.253 e. The first-order valence-electron chi connectivity index (χ1n) is 13.5. The Morgan fingerprint density at radius 3 is 2.77 bits per heavy atom. The molecule has 2 aliphatic rings. The van der Waals surface area contributed by atoms with E-state index in [9.17, 15) is 9.18 Å². The molecular formula is C28H32FN7O3. The molecule has 2 aromatic heterocycles. The Hall–Kier alpha value is -3.83. The van der Waals surface area contributed by atoms with E-state index in [-0.39, 0.29) is 17.5 Å². The van der Waals surface area contributed by atoms with Gasteiger partial charge in [-0.15, -0.1) is 5.10 Å². The highest BCUT2D eigenvalue weighted by Crippen LogP contribution is 2.30. The number of aromatic nitrogens is 5. The Bertz CT molecular complexity index is 1490. The number of benzene rings is 2. The van der Waals surface area contributed by atoms with Gasteiger partial charge in [-0.25, -0.2) is 9.07 Å². The Morgan fingerprint density at radius 1 is 1.15 bits per heavy atom. The molecule has 0 aliphatic carbocycles. The number of anilines is 1. The Labute approximate surface area is 225 Å². The van der Waals surface area contributed by atoms with Crippen molar-refractivity contribution in [3.63, 3.8) is 0 Å². The number of tetrazole rings is 1. The van der Waals surface area contributed by atoms with Crippen molar-refractivity contribution in [1.82, 2.24) is 30.1 Å². The van der Waals surface area contributed by atoms with Crippen LogP contribution in [0.3, 0.4) is 0 Å². The van der Waals surface area contributed by atoms with Crippen LogP contribution in [0.1, 0.15) is 37.2 Å². The van der Waals surface area contributed by atoms with Crippen LogP contribution in [-0.2, 0) is 11.3 Å². The molecule has 0 bridgehead atoms. The van der Waals surface area contributed by atoms with Crippen LogP contribution in [0.5, 0.6) is 5.75 Å². The molecule has 0 saturated carbocycles. The van der Waals surface area contributed by atoms with Crippen molar-refractivity contribution in [3.05, 3.63) is 76.1 Å². The van der Waals surface area contributed by atoms with Crippen LogP contribution in [0.2, 0.25) is 0 Å². The van der Waals surface area contributed by atoms with Crippen LogP contribution in [-0.4, -0.2) is 75.6 Å². The molecule has 0 radical (unpaired) electrons. The third-order valence-corrected chi connectivity index (χ3v) is 7.53. The summed E-state index contributed by atoms with van der Waals surface area (Å²) in [6, 6.07) is 13.9. The number of fused-ring (bicyclic) bond motifs is 1. The number of pyridine rings is 1. The van der Waals surface area contributed by atoms with Crippen molar-refractivity contribution in [1.29, 1.82) is 0 Å². The number of para-hydroxylation sites is 1. The van der Waals surface area contributed by atoms with Gasteiger partial charge < -0.3 is 19.4 Å². The highest BCUT2D eigenvalue weighted by molar-refractivity contribution is 5.80. The average Bonchev–Trinajstić information content (AvgIpc) is 3.63. The lowest BCUT2D eigenvalue weighted by Crippen LogP contribution is -2.49. The van der Waals surface area contributed by atoms with E-state index in [1.54, 1.807) is 16.8 Å². The number of H-pyrrole nitrogens is 1. The zero-order valence-corrected chi connectivity index (χ0v) is 21.9. The molecule has 1 N–H and O–H groups in total. The fourth-order valence-electron chi connectivity index (χ4n) is 5.61. The molecule has 204 valence electrons. The van der Waals surface area contributed by atoms with Gasteiger partial charge in [0.15, 0.2) is 5.82 Å². The second-order valence-electron chi connectivity index (χ2n) is 9.97. The van der Waals surface area contributed by atoms with Gasteiger partial charge in [-0.05, 0) is 66.6 Å². The molecule has 2 aliphatic heterocycles. The molecule has 0 amide bonds. The summed E-state index contributed by atoms with van der Waals surface area (Å²) in [5.74, 6) is 1.09. The standard InChI is InChI=1S/C28H32FN7O3/c1-2-38-20-9-10-24-19(16-20)17-22(28(37)30-24)26(27-31-32-33-36(27)18-21-6-5-15-39-21)35-13-11-34(12-14-35)25-8-4-3-7-23(25)29/h3-4,7-10,16-17,21,26H,2,5-6,11-15,18H2,1H3,(H,30,37)/t21-,26-/m1/s1. The van der Waals surface area contributed by atoms with Gasteiger partial charge in [0.05, 0.1) is 24.9 Å². The first-order valence-corrected chi connectivity index (χ1v) is 13.5. The first kappa shape index (κ1) is 25.4. The summed E-state index contributed by atoms with van der Waals surface area (Å²) in [4.78, 5) is 20.8. The molecule has 2 atom stereocenters. The van der Waals surface area contributed by atoms with Gasteiger partial charge in [-0.2, -0.15) is 0 Å². The summed E-state index contributed by atoms with van der Waals surface area (Å²) in [5, 5.41) is 13.6. The molecule has 0 unspecified atom stereocenters. The minimum Gasteiger partial charge on any atom is -0.494 e. The molecular weight excluding hydrogens is 501 g/mol. The lowest BCUT2D eigenvalue weighted by Gasteiger charge is -2.39. The maximum absolute atomic E-state index is 14.5. The molecule has 4 aromatic rings. The Balaban J connectivity index is 1.37. The van der Waals surface area contributed by atoms with E-state index in [1.807, 2.05) is 42.2 Å². The fraction of sp³-hybridized carbons (Fsp3) is 0.429. The molecule has 10 nitrogen and oxygen atoms in total. The average molecular weight is 534 g/mol. The van der Waals surface area contributed by atoms with Crippen molar-refractivity contribution in [2.24, 2.45) is 0 Å². The number of aromatic amines is 1. The van der Waals surface area contributed by atoms with Crippen LogP contribution in [0.25, 0.3) is 10.9 Å². The molecule has 39 heavy (non-hydrogen) atoms. The molecule has 2 fully saturated rings. The van der Waals surface area contributed by atoms with Gasteiger partial charge in [-0.1, -0.05) is 12.1 Å². The van der Waals surface area contributed by atoms with Crippen molar-refractivity contribution in [2.45, 2.75) is 38.5 Å². The van der Waals surface area contributed by atoms with Crippen LogP contribution < -0.4 is 15.2 Å². The van der Waals surface area contributed by atoms with Crippen LogP contribution in [0.15, 0.2) is 53.3 Å². The van der Waals surface area contributed by atoms with Gasteiger partial charge in [0.1, 0.15) is 17.6 Å². The predicted molar refractivity (Wildman–Crippen MR) is 145 cm³/mol. The predicted octanol–water partition coefficient (Wildman–Crippen LogP) is 3.14. The number of hydrogen-bond acceptors (Lipinski definition) is 8. The van der Waals surface area contributed by atoms with E-state index >= 15 is 0 Å². The molecule has 6 rings (SSSR count). The Kier molecular flexibility index (Phi) is 7.25. The van der Waals surface area contributed by atoms with Crippen LogP contribution in [0.4, 0.5) is 10.1 Å². The molecule has 2 saturated heterocycles. The lowest BCUT2D eigenvalue weighted by molar-refractivity contribution is 0.0906. The first-order chi connectivity index (χ1) is 19.1. The number of nitrogens with one attached hydrogen (secondary N) is 1. The van der Waals surface area contributed by atoms with Crippen molar-refractivity contribution in [2.75, 3.05) is 44.3 Å². The van der Waals surface area contributed by atoms with Gasteiger partial charge in [0.2, 0.25) is 0 Å². The van der Waals surface area contributed by atoms with Crippen LogP contribution >= 0.6 is 0 Å². The van der Waals surface area contributed by atoms with E-state index in [0.29, 0.717) is 56.4 Å².